The second-order valence-electron chi connectivity index (χ2n) is 7.10. The second kappa shape index (κ2) is 6.84. The average Bonchev–Trinajstić information content (AvgIpc) is 3.14. The van der Waals surface area contributed by atoms with Crippen LogP contribution in [0.3, 0.4) is 0 Å². The van der Waals surface area contributed by atoms with Crippen LogP contribution < -0.4 is 0 Å². The van der Waals surface area contributed by atoms with E-state index >= 15 is 0 Å². The van der Waals surface area contributed by atoms with E-state index in [2.05, 4.69) is 20.1 Å². The molecule has 6 nitrogen and oxygen atoms in total. The number of hydrogen-bond donors (Lipinski definition) is 0. The third-order valence-electron chi connectivity index (χ3n) is 5.47. The Morgan fingerprint density at radius 2 is 2.03 bits per heavy atom. The van der Waals surface area contributed by atoms with Crippen LogP contribution in [0.4, 0.5) is 10.1 Å². The van der Waals surface area contributed by atoms with Crippen LogP contribution in [-0.4, -0.2) is 39.0 Å². The van der Waals surface area contributed by atoms with Crippen molar-refractivity contribution in [2.75, 3.05) is 6.54 Å². The van der Waals surface area contributed by atoms with E-state index < -0.39 is 5.82 Å². The lowest BCUT2D eigenvalue weighted by atomic mass is 9.79. The van der Waals surface area contributed by atoms with Crippen molar-refractivity contribution >= 4 is 23.4 Å². The summed E-state index contributed by atoms with van der Waals surface area (Å²) in [5.41, 5.74) is 3.12. The number of aliphatic imine (C=N–C) groups is 2. The quantitative estimate of drug-likeness (QED) is 0.688. The zero-order chi connectivity index (χ0) is 20.0. The fourth-order valence-corrected chi connectivity index (χ4v) is 4.17. The van der Waals surface area contributed by atoms with Crippen molar-refractivity contribution in [2.24, 2.45) is 9.98 Å². The fourth-order valence-electron chi connectivity index (χ4n) is 4.17. The lowest BCUT2D eigenvalue weighted by Gasteiger charge is -2.27. The van der Waals surface area contributed by atoms with E-state index in [0.717, 1.165) is 11.4 Å². The highest BCUT2D eigenvalue weighted by Gasteiger charge is 2.39. The molecule has 2 atom stereocenters. The molecule has 0 N–H and O–H groups in total. The Balaban J connectivity index is 1.80. The maximum Gasteiger partial charge on any atom is 0.185 e. The molecule has 29 heavy (non-hydrogen) atoms. The molecule has 5 rings (SSSR count). The smallest absolute Gasteiger partial charge is 0.185 e. The van der Waals surface area contributed by atoms with Gasteiger partial charge in [0.05, 0.1) is 17.3 Å². The topological polar surface area (TPSA) is 72.5 Å². The number of carbonyl (C=O) groups is 1. The molecule has 2 aliphatic heterocycles. The van der Waals surface area contributed by atoms with Crippen molar-refractivity contribution < 1.29 is 9.18 Å². The second-order valence-corrected chi connectivity index (χ2v) is 7.10. The number of aromatic nitrogens is 3. The van der Waals surface area contributed by atoms with Gasteiger partial charge in [0.15, 0.2) is 5.78 Å². The van der Waals surface area contributed by atoms with Gasteiger partial charge in [-0.1, -0.05) is 30.3 Å². The molecule has 3 aromatic rings. The number of Topliss-reactive ketones (excluding diaryl/α,β-unsaturated/α-hetero) is 1. The van der Waals surface area contributed by atoms with Gasteiger partial charge in [0.25, 0.3) is 0 Å². The van der Waals surface area contributed by atoms with Gasteiger partial charge in [-0.25, -0.2) is 14.1 Å². The van der Waals surface area contributed by atoms with Gasteiger partial charge < -0.3 is 0 Å². The van der Waals surface area contributed by atoms with Crippen LogP contribution in [0.15, 0.2) is 58.8 Å². The number of ketones is 1. The molecule has 0 spiro atoms. The standard InChI is InChI=1S/C22H18FN5O/c1-2-28-22(26-12-27-28)20-16(13-6-4-3-5-7-13)10-24-17-9-14(23)8-15-18(29)11-25-21(20)19(15)17/h3-10,12,16,20H,2,11H2,1H3. The van der Waals surface area contributed by atoms with Crippen LogP contribution in [0.25, 0.3) is 0 Å². The molecule has 1 aromatic heterocycles. The lowest BCUT2D eigenvalue weighted by Crippen LogP contribution is -2.29. The molecule has 0 radical (unpaired) electrons. The molecular formula is C22H18FN5O. The number of carbonyl (C=O) groups excluding carboxylic acids is 1. The summed E-state index contributed by atoms with van der Waals surface area (Å²) in [4.78, 5) is 26.3. The van der Waals surface area contributed by atoms with Crippen molar-refractivity contribution in [3.8, 4) is 0 Å². The molecule has 0 bridgehead atoms. The highest BCUT2D eigenvalue weighted by molar-refractivity contribution is 6.21. The van der Waals surface area contributed by atoms with Gasteiger partial charge in [0.2, 0.25) is 0 Å². The molecule has 0 fully saturated rings. The molecule has 7 heteroatoms. The summed E-state index contributed by atoms with van der Waals surface area (Å²) in [6.07, 6.45) is 3.35. The summed E-state index contributed by atoms with van der Waals surface area (Å²) in [6, 6.07) is 12.6. The number of nitrogens with zero attached hydrogens (tertiary/aromatic N) is 5. The summed E-state index contributed by atoms with van der Waals surface area (Å²) in [7, 11) is 0. The Morgan fingerprint density at radius 3 is 2.83 bits per heavy atom. The van der Waals surface area contributed by atoms with Gasteiger partial charge in [0.1, 0.15) is 24.5 Å². The van der Waals surface area contributed by atoms with Crippen LogP contribution in [-0.2, 0) is 6.54 Å². The van der Waals surface area contributed by atoms with E-state index in [0.29, 0.717) is 29.1 Å². The van der Waals surface area contributed by atoms with Gasteiger partial charge in [-0.05, 0) is 18.6 Å². The predicted molar refractivity (Wildman–Crippen MR) is 108 cm³/mol. The molecule has 2 unspecified atom stereocenters. The summed E-state index contributed by atoms with van der Waals surface area (Å²) in [6.45, 7) is 2.64. The first-order valence-corrected chi connectivity index (χ1v) is 9.55. The van der Waals surface area contributed by atoms with Crippen molar-refractivity contribution in [1.82, 2.24) is 14.8 Å². The van der Waals surface area contributed by atoms with E-state index in [1.54, 1.807) is 0 Å². The maximum atomic E-state index is 14.2. The Morgan fingerprint density at radius 1 is 1.21 bits per heavy atom. The molecule has 144 valence electrons. The summed E-state index contributed by atoms with van der Waals surface area (Å²) in [5.74, 6) is -0.391. The van der Waals surface area contributed by atoms with E-state index in [4.69, 9.17) is 0 Å². The maximum absolute atomic E-state index is 14.2. The van der Waals surface area contributed by atoms with Gasteiger partial charge in [0, 0.05) is 35.9 Å². The van der Waals surface area contributed by atoms with Gasteiger partial charge >= 0.3 is 0 Å². The van der Waals surface area contributed by atoms with Crippen molar-refractivity contribution in [3.05, 3.63) is 77.1 Å². The van der Waals surface area contributed by atoms with Crippen LogP contribution in [0.5, 0.6) is 0 Å². The normalized spacial score (nSPS) is 20.2. The zero-order valence-corrected chi connectivity index (χ0v) is 15.8. The number of halogens is 1. The zero-order valence-electron chi connectivity index (χ0n) is 15.8. The third kappa shape index (κ3) is 2.81. The summed E-state index contributed by atoms with van der Waals surface area (Å²) in [5, 5.41) is 4.34. The first kappa shape index (κ1) is 17.6. The van der Waals surface area contributed by atoms with Crippen LogP contribution in [0.1, 0.15) is 46.1 Å². The van der Waals surface area contributed by atoms with E-state index in [9.17, 15) is 9.18 Å². The van der Waals surface area contributed by atoms with Crippen LogP contribution in [0.2, 0.25) is 0 Å². The third-order valence-corrected chi connectivity index (χ3v) is 5.47. The van der Waals surface area contributed by atoms with Crippen molar-refractivity contribution in [2.45, 2.75) is 25.3 Å². The lowest BCUT2D eigenvalue weighted by molar-refractivity contribution is 0.0999. The number of hydrogen-bond acceptors (Lipinski definition) is 5. The molecular weight excluding hydrogens is 369 g/mol. The monoisotopic (exact) mass is 387 g/mol. The molecule has 0 aliphatic carbocycles. The van der Waals surface area contributed by atoms with Gasteiger partial charge in [-0.3, -0.25) is 14.8 Å². The molecule has 0 amide bonds. The van der Waals surface area contributed by atoms with Crippen molar-refractivity contribution in [3.63, 3.8) is 0 Å². The SMILES string of the molecule is CCn1ncnc1C1C2=NCC(=O)c3cc(F)cc(c32)N=CC1c1ccccc1. The number of aryl methyl sites for hydroxylation is 1. The van der Waals surface area contributed by atoms with Gasteiger partial charge in [-0.15, -0.1) is 0 Å². The molecule has 2 aromatic carbocycles. The largest absolute Gasteiger partial charge is 0.292 e. The Hall–Kier alpha value is -3.48. The number of benzene rings is 2. The minimum atomic E-state index is -0.475. The number of rotatable bonds is 3. The Bertz CT molecular complexity index is 1170. The Kier molecular flexibility index (Phi) is 4.16. The Labute approximate surface area is 166 Å². The van der Waals surface area contributed by atoms with Gasteiger partial charge in [-0.2, -0.15) is 5.10 Å². The first-order valence-electron chi connectivity index (χ1n) is 9.55. The van der Waals surface area contributed by atoms with E-state index in [1.807, 2.05) is 48.2 Å². The van der Waals surface area contributed by atoms with Crippen molar-refractivity contribution in [1.29, 1.82) is 0 Å². The molecule has 0 saturated carbocycles. The minimum absolute atomic E-state index is 0.0104. The fraction of sp³-hybridized carbons (Fsp3) is 0.227. The minimum Gasteiger partial charge on any atom is -0.292 e. The molecule has 2 aliphatic rings. The highest BCUT2D eigenvalue weighted by atomic mass is 19.1. The average molecular weight is 387 g/mol. The molecule has 0 saturated heterocycles. The van der Waals surface area contributed by atoms with Crippen LogP contribution >= 0.6 is 0 Å². The highest BCUT2D eigenvalue weighted by Crippen LogP contribution is 2.42. The predicted octanol–water partition coefficient (Wildman–Crippen LogP) is 3.71. The summed E-state index contributed by atoms with van der Waals surface area (Å²) >= 11 is 0. The molecule has 3 heterocycles. The first-order chi connectivity index (χ1) is 14.2. The van der Waals surface area contributed by atoms with Crippen LogP contribution in [0, 0.1) is 5.82 Å². The van der Waals surface area contributed by atoms with E-state index in [1.165, 1.54) is 18.5 Å². The summed E-state index contributed by atoms with van der Waals surface area (Å²) < 4.78 is 16.1. The van der Waals surface area contributed by atoms with E-state index in [-0.39, 0.29) is 24.2 Å².